The van der Waals surface area contributed by atoms with Crippen LogP contribution in [0, 0.1) is 0 Å². The summed E-state index contributed by atoms with van der Waals surface area (Å²) in [4.78, 5) is 26.9. The highest BCUT2D eigenvalue weighted by atomic mass is 32.1. The van der Waals surface area contributed by atoms with Gasteiger partial charge < -0.3 is 15.0 Å². The summed E-state index contributed by atoms with van der Waals surface area (Å²) in [5.41, 5.74) is 0.583. The minimum absolute atomic E-state index is 0.132. The summed E-state index contributed by atoms with van der Waals surface area (Å²) in [7, 11) is 0. The Labute approximate surface area is 143 Å². The van der Waals surface area contributed by atoms with E-state index in [0.29, 0.717) is 32.8 Å². The molecule has 1 fully saturated rings. The average molecular weight is 348 g/mol. The summed E-state index contributed by atoms with van der Waals surface area (Å²) in [6.07, 6.45) is 0. The molecular formula is C16H20N4O3S. The zero-order valence-corrected chi connectivity index (χ0v) is 14.3. The Morgan fingerprint density at radius 1 is 1.38 bits per heavy atom. The van der Waals surface area contributed by atoms with Crippen LogP contribution >= 0.6 is 11.3 Å². The van der Waals surface area contributed by atoms with Gasteiger partial charge in [-0.05, 0) is 24.4 Å². The second-order valence-electron chi connectivity index (χ2n) is 5.61. The van der Waals surface area contributed by atoms with Crippen LogP contribution in [-0.2, 0) is 4.74 Å². The van der Waals surface area contributed by atoms with Gasteiger partial charge in [-0.1, -0.05) is 6.07 Å². The van der Waals surface area contributed by atoms with E-state index in [4.69, 9.17) is 4.74 Å². The fraction of sp³-hybridized carbons (Fsp3) is 0.438. The highest BCUT2D eigenvalue weighted by Crippen LogP contribution is 2.21. The Morgan fingerprint density at radius 3 is 2.88 bits per heavy atom. The van der Waals surface area contributed by atoms with E-state index in [9.17, 15) is 9.59 Å². The van der Waals surface area contributed by atoms with Crippen molar-refractivity contribution in [3.8, 4) is 10.6 Å². The molecule has 1 N–H and O–H groups in total. The van der Waals surface area contributed by atoms with Crippen molar-refractivity contribution in [3.05, 3.63) is 40.0 Å². The van der Waals surface area contributed by atoms with Crippen molar-refractivity contribution in [3.63, 3.8) is 0 Å². The number of rotatable bonds is 4. The molecule has 0 bridgehead atoms. The fourth-order valence-corrected chi connectivity index (χ4v) is 3.19. The molecule has 0 radical (unpaired) electrons. The fourth-order valence-electron chi connectivity index (χ4n) is 2.50. The highest BCUT2D eigenvalue weighted by molar-refractivity contribution is 7.13. The number of amides is 2. The molecule has 0 aromatic carbocycles. The zero-order chi connectivity index (χ0) is 16.9. The molecule has 2 aromatic heterocycles. The smallest absolute Gasteiger partial charge is 0.317 e. The van der Waals surface area contributed by atoms with Crippen LogP contribution in [0.1, 0.15) is 13.0 Å². The number of ether oxygens (including phenoxy) is 1. The maximum atomic E-state index is 12.1. The lowest BCUT2D eigenvalue weighted by atomic mass is 10.3. The molecule has 1 unspecified atom stereocenters. The molecule has 128 valence electrons. The Kier molecular flexibility index (Phi) is 5.27. The predicted octanol–water partition coefficient (Wildman–Crippen LogP) is 1.57. The van der Waals surface area contributed by atoms with Crippen LogP contribution in [0.2, 0.25) is 0 Å². The topological polar surface area (TPSA) is 76.5 Å². The number of nitrogens with zero attached hydrogens (tertiary/aromatic N) is 3. The van der Waals surface area contributed by atoms with Gasteiger partial charge in [0.1, 0.15) is 5.69 Å². The second kappa shape index (κ2) is 7.59. The van der Waals surface area contributed by atoms with E-state index in [-0.39, 0.29) is 17.6 Å². The number of aromatic nitrogens is 2. The van der Waals surface area contributed by atoms with Gasteiger partial charge in [0, 0.05) is 25.7 Å². The number of hydrogen-bond donors (Lipinski definition) is 1. The first-order chi connectivity index (χ1) is 11.6. The van der Waals surface area contributed by atoms with Crippen LogP contribution in [0.25, 0.3) is 10.6 Å². The van der Waals surface area contributed by atoms with E-state index in [0.717, 1.165) is 10.6 Å². The van der Waals surface area contributed by atoms with Gasteiger partial charge in [0.2, 0.25) is 0 Å². The standard InChI is InChI=1S/C16H20N4O3S/c1-12(11-17-16(22)19-6-8-23-9-7-19)20-15(21)5-4-13(18-20)14-3-2-10-24-14/h2-5,10,12H,6-9,11H2,1H3,(H,17,22). The number of urea groups is 1. The lowest BCUT2D eigenvalue weighted by Crippen LogP contribution is -2.47. The van der Waals surface area contributed by atoms with Gasteiger partial charge in [0.05, 0.1) is 24.1 Å². The third-order valence-corrected chi connectivity index (χ3v) is 4.76. The van der Waals surface area contributed by atoms with E-state index in [1.165, 1.54) is 10.7 Å². The maximum absolute atomic E-state index is 12.1. The lowest BCUT2D eigenvalue weighted by Gasteiger charge is -2.27. The van der Waals surface area contributed by atoms with Gasteiger partial charge in [-0.2, -0.15) is 5.10 Å². The largest absolute Gasteiger partial charge is 0.378 e. The van der Waals surface area contributed by atoms with Crippen molar-refractivity contribution in [2.24, 2.45) is 0 Å². The molecule has 3 heterocycles. The van der Waals surface area contributed by atoms with Gasteiger partial charge in [-0.15, -0.1) is 11.3 Å². The molecule has 2 aromatic rings. The lowest BCUT2D eigenvalue weighted by molar-refractivity contribution is 0.0530. The quantitative estimate of drug-likeness (QED) is 0.910. The number of carbonyl (C=O) groups excluding carboxylic acids is 1. The van der Waals surface area contributed by atoms with Crippen molar-refractivity contribution >= 4 is 17.4 Å². The van der Waals surface area contributed by atoms with Gasteiger partial charge in [-0.25, -0.2) is 9.48 Å². The van der Waals surface area contributed by atoms with E-state index < -0.39 is 0 Å². The first-order valence-electron chi connectivity index (χ1n) is 7.89. The molecule has 1 atom stereocenters. The molecule has 0 saturated carbocycles. The van der Waals surface area contributed by atoms with E-state index in [1.807, 2.05) is 24.4 Å². The monoisotopic (exact) mass is 348 g/mol. The Balaban J connectivity index is 1.66. The van der Waals surface area contributed by atoms with E-state index >= 15 is 0 Å². The molecule has 8 heteroatoms. The predicted molar refractivity (Wildman–Crippen MR) is 92.3 cm³/mol. The molecule has 0 spiro atoms. The molecule has 24 heavy (non-hydrogen) atoms. The van der Waals surface area contributed by atoms with Crippen molar-refractivity contribution in [2.75, 3.05) is 32.8 Å². The molecule has 1 aliphatic heterocycles. The van der Waals surface area contributed by atoms with E-state index in [1.54, 1.807) is 22.3 Å². The summed E-state index contributed by atoms with van der Waals surface area (Å²) in [6, 6.07) is 6.79. The molecular weight excluding hydrogens is 328 g/mol. The van der Waals surface area contributed by atoms with Crippen LogP contribution in [0.15, 0.2) is 34.4 Å². The number of morpholine rings is 1. The minimum Gasteiger partial charge on any atom is -0.378 e. The summed E-state index contributed by atoms with van der Waals surface area (Å²) >= 11 is 1.57. The Hall–Kier alpha value is -2.19. The molecule has 7 nitrogen and oxygen atoms in total. The summed E-state index contributed by atoms with van der Waals surface area (Å²) < 4.78 is 6.66. The molecule has 2 amide bonds. The first kappa shape index (κ1) is 16.7. The molecule has 0 aliphatic carbocycles. The summed E-state index contributed by atoms with van der Waals surface area (Å²) in [6.45, 7) is 4.52. The molecule has 1 saturated heterocycles. The summed E-state index contributed by atoms with van der Waals surface area (Å²) in [5, 5.41) is 9.27. The van der Waals surface area contributed by atoms with Gasteiger partial charge >= 0.3 is 6.03 Å². The first-order valence-corrected chi connectivity index (χ1v) is 8.77. The Bertz CT molecular complexity index is 738. The molecule has 1 aliphatic rings. The highest BCUT2D eigenvalue weighted by Gasteiger charge is 2.18. The van der Waals surface area contributed by atoms with Crippen LogP contribution in [0.3, 0.4) is 0 Å². The van der Waals surface area contributed by atoms with Crippen molar-refractivity contribution < 1.29 is 9.53 Å². The SMILES string of the molecule is CC(CNC(=O)N1CCOCC1)n1nc(-c2cccs2)ccc1=O. The van der Waals surface area contributed by atoms with Crippen LogP contribution in [0.5, 0.6) is 0 Å². The zero-order valence-electron chi connectivity index (χ0n) is 13.5. The third-order valence-electron chi connectivity index (χ3n) is 3.86. The van der Waals surface area contributed by atoms with Gasteiger partial charge in [0.15, 0.2) is 0 Å². The summed E-state index contributed by atoms with van der Waals surface area (Å²) in [5.74, 6) is 0. The second-order valence-corrected chi connectivity index (χ2v) is 6.56. The van der Waals surface area contributed by atoms with Crippen LogP contribution < -0.4 is 10.9 Å². The van der Waals surface area contributed by atoms with Crippen LogP contribution in [0.4, 0.5) is 4.79 Å². The number of nitrogens with one attached hydrogen (secondary N) is 1. The average Bonchev–Trinajstić information content (AvgIpc) is 3.15. The van der Waals surface area contributed by atoms with Gasteiger partial charge in [0.25, 0.3) is 5.56 Å². The molecule has 3 rings (SSSR count). The van der Waals surface area contributed by atoms with Crippen LogP contribution in [-0.4, -0.2) is 53.6 Å². The van der Waals surface area contributed by atoms with Crippen molar-refractivity contribution in [1.29, 1.82) is 0 Å². The van der Waals surface area contributed by atoms with Gasteiger partial charge in [-0.3, -0.25) is 4.79 Å². The number of thiophene rings is 1. The van der Waals surface area contributed by atoms with E-state index in [2.05, 4.69) is 10.4 Å². The van der Waals surface area contributed by atoms with Crippen molar-refractivity contribution in [1.82, 2.24) is 20.0 Å². The number of hydrogen-bond acceptors (Lipinski definition) is 5. The van der Waals surface area contributed by atoms with Crippen molar-refractivity contribution in [2.45, 2.75) is 13.0 Å². The Morgan fingerprint density at radius 2 is 2.17 bits per heavy atom. The third kappa shape index (κ3) is 3.82. The minimum atomic E-state index is -0.234. The number of carbonyl (C=O) groups is 1. The maximum Gasteiger partial charge on any atom is 0.317 e. The normalized spacial score (nSPS) is 16.0.